The van der Waals surface area contributed by atoms with Crippen LogP contribution in [0.2, 0.25) is 0 Å². The number of benzene rings is 3. The molecule has 0 bridgehead atoms. The first-order chi connectivity index (χ1) is 16.2. The molecule has 3 aromatic rings. The van der Waals surface area contributed by atoms with Gasteiger partial charge in [0.2, 0.25) is 0 Å². The van der Waals surface area contributed by atoms with Crippen LogP contribution in [0.4, 0.5) is 0 Å². The van der Waals surface area contributed by atoms with Gasteiger partial charge in [0.15, 0.2) is 5.79 Å². The lowest BCUT2D eigenvalue weighted by Gasteiger charge is -2.27. The summed E-state index contributed by atoms with van der Waals surface area (Å²) in [5.74, 6) is -0.513. The molecule has 0 aliphatic carbocycles. The van der Waals surface area contributed by atoms with Crippen LogP contribution >= 0.6 is 7.26 Å². The van der Waals surface area contributed by atoms with Crippen LogP contribution in [0.5, 0.6) is 0 Å². The van der Waals surface area contributed by atoms with Gasteiger partial charge in [-0.1, -0.05) is 60.2 Å². The third kappa shape index (κ3) is 5.36. The lowest BCUT2D eigenvalue weighted by atomic mass is 9.96. The minimum absolute atomic E-state index is 0.0998. The van der Waals surface area contributed by atoms with Crippen LogP contribution in [0.25, 0.3) is 0 Å². The summed E-state index contributed by atoms with van der Waals surface area (Å²) in [6.07, 6.45) is 5.56. The van der Waals surface area contributed by atoms with Crippen molar-refractivity contribution in [1.29, 1.82) is 0 Å². The van der Waals surface area contributed by atoms with E-state index < -0.39 is 13.0 Å². The maximum absolute atomic E-state index is 6.23. The van der Waals surface area contributed by atoms with Crippen molar-refractivity contribution in [2.45, 2.75) is 65.0 Å². The van der Waals surface area contributed by atoms with Gasteiger partial charge in [0, 0.05) is 0 Å². The molecule has 0 radical (unpaired) electrons. The maximum atomic E-state index is 6.23. The summed E-state index contributed by atoms with van der Waals surface area (Å²) >= 11 is 0. The second-order valence-corrected chi connectivity index (χ2v) is 13.8. The van der Waals surface area contributed by atoms with Crippen LogP contribution < -0.4 is 15.9 Å². The highest BCUT2D eigenvalue weighted by Crippen LogP contribution is 2.55. The number of ether oxygens (including phenoxy) is 2. The van der Waals surface area contributed by atoms with Crippen molar-refractivity contribution < 1.29 is 9.47 Å². The lowest BCUT2D eigenvalue weighted by molar-refractivity contribution is -0.157. The zero-order valence-corrected chi connectivity index (χ0v) is 22.1. The summed E-state index contributed by atoms with van der Waals surface area (Å²) in [6, 6.07) is 33.3. The molecule has 3 aromatic carbocycles. The predicted molar refractivity (Wildman–Crippen MR) is 147 cm³/mol. The Bertz CT molecular complexity index is 991. The Morgan fingerprint density at radius 2 is 1.21 bits per heavy atom. The molecule has 1 heterocycles. The number of rotatable bonds is 8. The summed E-state index contributed by atoms with van der Waals surface area (Å²) in [5.41, 5.74) is 1.15. The maximum Gasteiger partial charge on any atom is 0.164 e. The van der Waals surface area contributed by atoms with Gasteiger partial charge in [-0.25, -0.2) is 0 Å². The van der Waals surface area contributed by atoms with Gasteiger partial charge in [0.05, 0.1) is 17.9 Å². The molecule has 0 amide bonds. The molecular formula is C31H38O2P+. The van der Waals surface area contributed by atoms with Crippen molar-refractivity contribution in [3.05, 3.63) is 103 Å². The monoisotopic (exact) mass is 473 g/mol. The fourth-order valence-corrected chi connectivity index (χ4v) is 9.33. The third-order valence-corrected chi connectivity index (χ3v) is 11.1. The molecule has 4 rings (SSSR count). The van der Waals surface area contributed by atoms with Gasteiger partial charge < -0.3 is 9.47 Å². The molecule has 178 valence electrons. The van der Waals surface area contributed by atoms with Crippen molar-refractivity contribution >= 4 is 23.2 Å². The highest BCUT2D eigenvalue weighted by atomic mass is 31.2. The Morgan fingerprint density at radius 1 is 0.765 bits per heavy atom. The smallest absolute Gasteiger partial charge is 0.164 e. The van der Waals surface area contributed by atoms with E-state index in [9.17, 15) is 0 Å². The minimum atomic E-state index is -1.83. The highest BCUT2D eigenvalue weighted by Gasteiger charge is 2.47. The van der Waals surface area contributed by atoms with E-state index in [2.05, 4.69) is 118 Å². The summed E-state index contributed by atoms with van der Waals surface area (Å²) in [4.78, 5) is 0. The van der Waals surface area contributed by atoms with E-state index in [1.807, 2.05) is 13.8 Å². The topological polar surface area (TPSA) is 18.5 Å². The second kappa shape index (κ2) is 10.2. The second-order valence-electron chi connectivity index (χ2n) is 10.3. The van der Waals surface area contributed by atoms with Gasteiger partial charge in [0.1, 0.15) is 23.2 Å². The van der Waals surface area contributed by atoms with E-state index in [1.165, 1.54) is 21.5 Å². The molecule has 0 saturated carbocycles. The average molecular weight is 474 g/mol. The van der Waals surface area contributed by atoms with E-state index in [0.29, 0.717) is 0 Å². The normalized spacial score (nSPS) is 19.8. The van der Waals surface area contributed by atoms with Crippen molar-refractivity contribution in [3.63, 3.8) is 0 Å². The van der Waals surface area contributed by atoms with E-state index in [0.717, 1.165) is 19.0 Å². The standard InChI is InChI=1S/C31H38O2P/c1-25(21-22-29-30(2,3)33-31(4,5)32-29)23-24-34(26-15-9-6-10-16-26,27-17-11-7-12-18-27)28-19-13-8-14-20-28/h6-20,23,29H,21-22,24H2,1-5H3/q+1/b25-23+. The van der Waals surface area contributed by atoms with Gasteiger partial charge in [-0.2, -0.15) is 0 Å². The zero-order valence-electron chi connectivity index (χ0n) is 21.2. The molecule has 1 unspecified atom stereocenters. The van der Waals surface area contributed by atoms with Crippen molar-refractivity contribution in [1.82, 2.24) is 0 Å². The van der Waals surface area contributed by atoms with Crippen LogP contribution in [-0.4, -0.2) is 23.7 Å². The highest BCUT2D eigenvalue weighted by molar-refractivity contribution is 7.95. The van der Waals surface area contributed by atoms with Gasteiger partial charge in [0.25, 0.3) is 0 Å². The fourth-order valence-electron chi connectivity index (χ4n) is 5.18. The molecule has 1 aliphatic heterocycles. The van der Waals surface area contributed by atoms with Gasteiger partial charge in [-0.15, -0.1) is 0 Å². The molecule has 1 aliphatic rings. The van der Waals surface area contributed by atoms with Crippen LogP contribution in [0, 0.1) is 0 Å². The lowest BCUT2D eigenvalue weighted by Crippen LogP contribution is -2.33. The molecule has 2 nitrogen and oxygen atoms in total. The molecule has 0 N–H and O–H groups in total. The molecule has 3 heteroatoms. The van der Waals surface area contributed by atoms with Crippen LogP contribution in [0.1, 0.15) is 47.5 Å². The molecule has 0 spiro atoms. The van der Waals surface area contributed by atoms with Crippen LogP contribution in [0.3, 0.4) is 0 Å². The summed E-state index contributed by atoms with van der Waals surface area (Å²) in [6.45, 7) is 10.6. The first kappa shape index (κ1) is 24.9. The SMILES string of the molecule is C/C(=C\C[P+](c1ccccc1)(c1ccccc1)c1ccccc1)CCC1OC(C)(C)OC1(C)C. The number of hydrogen-bond donors (Lipinski definition) is 0. The van der Waals surface area contributed by atoms with Crippen LogP contribution in [-0.2, 0) is 9.47 Å². The van der Waals surface area contributed by atoms with Crippen molar-refractivity contribution in [2.24, 2.45) is 0 Å². The van der Waals surface area contributed by atoms with E-state index >= 15 is 0 Å². The van der Waals surface area contributed by atoms with Crippen LogP contribution in [0.15, 0.2) is 103 Å². The summed E-state index contributed by atoms with van der Waals surface area (Å²) < 4.78 is 12.4. The van der Waals surface area contributed by atoms with Crippen molar-refractivity contribution in [3.8, 4) is 0 Å². The van der Waals surface area contributed by atoms with Gasteiger partial charge in [-0.05, 0) is 89.9 Å². The third-order valence-electron chi connectivity index (χ3n) is 6.82. The Morgan fingerprint density at radius 3 is 1.59 bits per heavy atom. The van der Waals surface area contributed by atoms with E-state index in [-0.39, 0.29) is 11.7 Å². The minimum Gasteiger partial charge on any atom is -0.344 e. The van der Waals surface area contributed by atoms with E-state index in [4.69, 9.17) is 9.47 Å². The molecule has 34 heavy (non-hydrogen) atoms. The molecule has 1 fully saturated rings. The van der Waals surface area contributed by atoms with Gasteiger partial charge >= 0.3 is 0 Å². The first-order valence-electron chi connectivity index (χ1n) is 12.3. The zero-order chi connectivity index (χ0) is 24.2. The Hall–Kier alpha value is -2.25. The number of hydrogen-bond acceptors (Lipinski definition) is 2. The molecular weight excluding hydrogens is 435 g/mol. The molecule has 0 aromatic heterocycles. The Labute approximate surface area is 206 Å². The fraction of sp³-hybridized carbons (Fsp3) is 0.355. The van der Waals surface area contributed by atoms with Gasteiger partial charge in [-0.3, -0.25) is 0 Å². The molecule has 1 atom stereocenters. The summed E-state index contributed by atoms with van der Waals surface area (Å²) in [7, 11) is -1.83. The first-order valence-corrected chi connectivity index (χ1v) is 14.3. The Balaban J connectivity index is 1.66. The predicted octanol–water partition coefficient (Wildman–Crippen LogP) is 6.64. The number of allylic oxidation sites excluding steroid dienone is 2. The van der Waals surface area contributed by atoms with Crippen molar-refractivity contribution in [2.75, 3.05) is 6.16 Å². The largest absolute Gasteiger partial charge is 0.344 e. The average Bonchev–Trinajstić information content (AvgIpc) is 3.06. The summed E-state index contributed by atoms with van der Waals surface area (Å²) in [5, 5.41) is 4.27. The quantitative estimate of drug-likeness (QED) is 0.270. The Kier molecular flexibility index (Phi) is 7.43. The molecule has 1 saturated heterocycles. The van der Waals surface area contributed by atoms with E-state index in [1.54, 1.807) is 0 Å².